The monoisotopic (exact) mass is 262 g/mol. The molecular formula is C16H22O3. The van der Waals surface area contributed by atoms with E-state index in [-0.39, 0.29) is 5.60 Å². The first-order valence-corrected chi connectivity index (χ1v) is 7.08. The Kier molecular flexibility index (Phi) is 2.88. The SMILES string of the molecule is COc1ccc2c(c1OC)[C@@H]1CCC[C@]1(C(C)C)O2. The number of benzene rings is 1. The van der Waals surface area contributed by atoms with Gasteiger partial charge in [0.05, 0.1) is 14.2 Å². The Hall–Kier alpha value is -1.38. The van der Waals surface area contributed by atoms with Gasteiger partial charge < -0.3 is 14.2 Å². The second-order valence-corrected chi connectivity index (χ2v) is 5.87. The Morgan fingerprint density at radius 2 is 2.05 bits per heavy atom. The van der Waals surface area contributed by atoms with Crippen LogP contribution in [0.2, 0.25) is 0 Å². The predicted octanol–water partition coefficient (Wildman–Crippen LogP) is 3.76. The van der Waals surface area contributed by atoms with Gasteiger partial charge in [-0.2, -0.15) is 0 Å². The van der Waals surface area contributed by atoms with E-state index in [0.29, 0.717) is 11.8 Å². The number of hydrogen-bond acceptors (Lipinski definition) is 3. The third-order valence-electron chi connectivity index (χ3n) is 4.82. The van der Waals surface area contributed by atoms with Gasteiger partial charge in [-0.05, 0) is 37.3 Å². The summed E-state index contributed by atoms with van der Waals surface area (Å²) in [7, 11) is 3.40. The van der Waals surface area contributed by atoms with Gasteiger partial charge in [0.1, 0.15) is 11.4 Å². The minimum Gasteiger partial charge on any atom is -0.493 e. The molecule has 2 aliphatic rings. The van der Waals surface area contributed by atoms with Crippen molar-refractivity contribution in [2.75, 3.05) is 14.2 Å². The molecule has 0 radical (unpaired) electrons. The first kappa shape index (κ1) is 12.6. The van der Waals surface area contributed by atoms with E-state index in [4.69, 9.17) is 14.2 Å². The molecular weight excluding hydrogens is 240 g/mol. The Labute approximate surface area is 114 Å². The molecule has 0 aromatic heterocycles. The molecule has 2 atom stereocenters. The van der Waals surface area contributed by atoms with E-state index in [1.54, 1.807) is 14.2 Å². The Morgan fingerprint density at radius 3 is 2.68 bits per heavy atom. The lowest BCUT2D eigenvalue weighted by molar-refractivity contribution is 0.0366. The third kappa shape index (κ3) is 1.57. The van der Waals surface area contributed by atoms with Crippen molar-refractivity contribution in [2.45, 2.75) is 44.6 Å². The molecule has 0 saturated heterocycles. The molecule has 3 rings (SSSR count). The molecule has 19 heavy (non-hydrogen) atoms. The minimum atomic E-state index is -0.0397. The molecule has 3 nitrogen and oxygen atoms in total. The number of ether oxygens (including phenoxy) is 3. The highest BCUT2D eigenvalue weighted by Gasteiger charge is 2.54. The number of hydrogen-bond donors (Lipinski definition) is 0. The van der Waals surface area contributed by atoms with Gasteiger partial charge in [0.25, 0.3) is 0 Å². The Balaban J connectivity index is 2.15. The largest absolute Gasteiger partial charge is 0.493 e. The minimum absolute atomic E-state index is 0.0397. The molecule has 0 amide bonds. The summed E-state index contributed by atoms with van der Waals surface area (Å²) in [5, 5.41) is 0. The maximum absolute atomic E-state index is 6.39. The maximum atomic E-state index is 6.39. The lowest BCUT2D eigenvalue weighted by Gasteiger charge is -2.33. The van der Waals surface area contributed by atoms with Gasteiger partial charge in [-0.1, -0.05) is 13.8 Å². The number of rotatable bonds is 3. The van der Waals surface area contributed by atoms with Gasteiger partial charge in [-0.15, -0.1) is 0 Å². The van der Waals surface area contributed by atoms with Crippen LogP contribution in [0.1, 0.15) is 44.6 Å². The van der Waals surface area contributed by atoms with Gasteiger partial charge >= 0.3 is 0 Å². The van der Waals surface area contributed by atoms with E-state index >= 15 is 0 Å². The molecule has 104 valence electrons. The molecule has 1 saturated carbocycles. The second-order valence-electron chi connectivity index (χ2n) is 5.87. The summed E-state index contributed by atoms with van der Waals surface area (Å²) in [6.45, 7) is 4.52. The standard InChI is InChI=1S/C16H22O3/c1-10(2)16-9-5-6-11(16)14-12(19-16)7-8-13(17-3)15(14)18-4/h7-8,10-11H,5-6,9H2,1-4H3/t11-,16+/m0/s1. The summed E-state index contributed by atoms with van der Waals surface area (Å²) >= 11 is 0. The summed E-state index contributed by atoms with van der Waals surface area (Å²) in [5.74, 6) is 3.58. The summed E-state index contributed by atoms with van der Waals surface area (Å²) in [5.41, 5.74) is 1.18. The fourth-order valence-corrected chi connectivity index (χ4v) is 3.88. The molecule has 0 unspecified atom stereocenters. The smallest absolute Gasteiger partial charge is 0.168 e. The van der Waals surface area contributed by atoms with Crippen LogP contribution in [-0.2, 0) is 0 Å². The maximum Gasteiger partial charge on any atom is 0.168 e. The lowest BCUT2D eigenvalue weighted by Crippen LogP contribution is -2.39. The third-order valence-corrected chi connectivity index (χ3v) is 4.82. The van der Waals surface area contributed by atoms with Crippen LogP contribution in [0.3, 0.4) is 0 Å². The van der Waals surface area contributed by atoms with Crippen LogP contribution >= 0.6 is 0 Å². The van der Waals surface area contributed by atoms with E-state index in [1.807, 2.05) is 12.1 Å². The van der Waals surface area contributed by atoms with E-state index in [9.17, 15) is 0 Å². The number of fused-ring (bicyclic) bond motifs is 3. The van der Waals surface area contributed by atoms with E-state index < -0.39 is 0 Å². The first-order valence-electron chi connectivity index (χ1n) is 7.08. The zero-order chi connectivity index (χ0) is 13.6. The fourth-order valence-electron chi connectivity index (χ4n) is 3.88. The van der Waals surface area contributed by atoms with Crippen molar-refractivity contribution in [3.63, 3.8) is 0 Å². The second kappa shape index (κ2) is 4.32. The van der Waals surface area contributed by atoms with E-state index in [0.717, 1.165) is 23.7 Å². The molecule has 0 spiro atoms. The quantitative estimate of drug-likeness (QED) is 0.830. The molecule has 1 heterocycles. The van der Waals surface area contributed by atoms with E-state index in [1.165, 1.54) is 18.4 Å². The van der Waals surface area contributed by atoms with Gasteiger partial charge in [0.2, 0.25) is 0 Å². The summed E-state index contributed by atoms with van der Waals surface area (Å²) in [6, 6.07) is 3.96. The van der Waals surface area contributed by atoms with Crippen LogP contribution in [0.5, 0.6) is 17.2 Å². The molecule has 1 aliphatic heterocycles. The summed E-state index contributed by atoms with van der Waals surface area (Å²) < 4.78 is 17.4. The highest BCUT2D eigenvalue weighted by molar-refractivity contribution is 5.59. The lowest BCUT2D eigenvalue weighted by atomic mass is 9.79. The van der Waals surface area contributed by atoms with Crippen molar-refractivity contribution in [3.8, 4) is 17.2 Å². The average molecular weight is 262 g/mol. The van der Waals surface area contributed by atoms with Gasteiger partial charge in [-0.3, -0.25) is 0 Å². The Morgan fingerprint density at radius 1 is 1.26 bits per heavy atom. The van der Waals surface area contributed by atoms with Crippen molar-refractivity contribution in [1.82, 2.24) is 0 Å². The topological polar surface area (TPSA) is 27.7 Å². The van der Waals surface area contributed by atoms with E-state index in [2.05, 4.69) is 13.8 Å². The first-order chi connectivity index (χ1) is 9.14. The van der Waals surface area contributed by atoms with Crippen molar-refractivity contribution >= 4 is 0 Å². The van der Waals surface area contributed by atoms with Crippen LogP contribution in [0, 0.1) is 5.92 Å². The van der Waals surface area contributed by atoms with Gasteiger partial charge in [0.15, 0.2) is 11.5 Å². The predicted molar refractivity (Wildman–Crippen MR) is 74.3 cm³/mol. The average Bonchev–Trinajstić information content (AvgIpc) is 2.94. The van der Waals surface area contributed by atoms with Crippen LogP contribution in [0.25, 0.3) is 0 Å². The zero-order valence-corrected chi connectivity index (χ0v) is 12.2. The molecule has 1 aromatic rings. The van der Waals surface area contributed by atoms with Gasteiger partial charge in [-0.25, -0.2) is 0 Å². The molecule has 1 aliphatic carbocycles. The fraction of sp³-hybridized carbons (Fsp3) is 0.625. The molecule has 1 fully saturated rings. The molecule has 0 N–H and O–H groups in total. The zero-order valence-electron chi connectivity index (χ0n) is 12.2. The normalized spacial score (nSPS) is 27.9. The van der Waals surface area contributed by atoms with Gasteiger partial charge in [0, 0.05) is 11.5 Å². The molecule has 3 heteroatoms. The van der Waals surface area contributed by atoms with Crippen LogP contribution in [-0.4, -0.2) is 19.8 Å². The number of methoxy groups -OCH3 is 2. The van der Waals surface area contributed by atoms with Crippen molar-refractivity contribution in [1.29, 1.82) is 0 Å². The molecule has 0 bridgehead atoms. The summed E-state index contributed by atoms with van der Waals surface area (Å²) in [6.07, 6.45) is 3.53. The molecule has 1 aromatic carbocycles. The van der Waals surface area contributed by atoms with Crippen molar-refractivity contribution in [3.05, 3.63) is 17.7 Å². The van der Waals surface area contributed by atoms with Crippen LogP contribution < -0.4 is 14.2 Å². The Bertz CT molecular complexity index is 495. The highest BCUT2D eigenvalue weighted by Crippen LogP contribution is 2.60. The van der Waals surface area contributed by atoms with Crippen LogP contribution in [0.4, 0.5) is 0 Å². The highest BCUT2D eigenvalue weighted by atomic mass is 16.5. The van der Waals surface area contributed by atoms with Crippen molar-refractivity contribution in [2.24, 2.45) is 5.92 Å². The van der Waals surface area contributed by atoms with Crippen LogP contribution in [0.15, 0.2) is 12.1 Å². The summed E-state index contributed by atoms with van der Waals surface area (Å²) in [4.78, 5) is 0. The van der Waals surface area contributed by atoms with Crippen molar-refractivity contribution < 1.29 is 14.2 Å².